The van der Waals surface area contributed by atoms with E-state index >= 15 is 0 Å². The molecule has 1 aliphatic heterocycles. The first-order chi connectivity index (χ1) is 13.7. The first-order valence-electron chi connectivity index (χ1n) is 10.4. The van der Waals surface area contributed by atoms with Crippen LogP contribution in [0.3, 0.4) is 0 Å². The molecule has 1 atom stereocenters. The minimum atomic E-state index is -0.474. The molecule has 2 N–H and O–H groups in total. The fraction of sp³-hybridized carbons (Fsp3) is 0.714. The van der Waals surface area contributed by atoms with Crippen LogP contribution in [0.4, 0.5) is 9.80 Å². The smallest absolute Gasteiger partial charge is 0.410 e. The predicted octanol–water partition coefficient (Wildman–Crippen LogP) is 3.38. The number of rotatable bonds is 6. The molecule has 8 heteroatoms. The van der Waals surface area contributed by atoms with E-state index in [0.717, 1.165) is 38.4 Å². The monoisotopic (exact) mass is 423 g/mol. The average molecular weight is 424 g/mol. The van der Waals surface area contributed by atoms with Crippen LogP contribution in [0.25, 0.3) is 0 Å². The van der Waals surface area contributed by atoms with Gasteiger partial charge in [0.15, 0.2) is 5.96 Å². The molecule has 1 fully saturated rings. The second-order valence-electron chi connectivity index (χ2n) is 8.78. The molecule has 2 rings (SSSR count). The van der Waals surface area contributed by atoms with Gasteiger partial charge >= 0.3 is 6.09 Å². The molecule has 164 valence electrons. The van der Waals surface area contributed by atoms with Crippen molar-refractivity contribution in [1.29, 1.82) is 0 Å². The summed E-state index contributed by atoms with van der Waals surface area (Å²) in [5.41, 5.74) is -0.474. The van der Waals surface area contributed by atoms with Gasteiger partial charge in [0.1, 0.15) is 5.60 Å². The normalized spacial score (nSPS) is 17.0. The van der Waals surface area contributed by atoms with E-state index < -0.39 is 5.60 Å². The number of anilines is 1. The number of nitrogens with zero attached hydrogens (tertiary/aromatic N) is 3. The number of nitrogens with one attached hydrogen (secondary N) is 2. The van der Waals surface area contributed by atoms with Crippen molar-refractivity contribution in [3.63, 3.8) is 0 Å². The highest BCUT2D eigenvalue weighted by Gasteiger charge is 2.22. The first kappa shape index (κ1) is 23.3. The van der Waals surface area contributed by atoms with Crippen molar-refractivity contribution in [3.05, 3.63) is 17.5 Å². The number of hydrogen-bond acceptors (Lipinski definition) is 5. The summed E-state index contributed by atoms with van der Waals surface area (Å²) < 4.78 is 5.41. The minimum absolute atomic E-state index is 0.270. The van der Waals surface area contributed by atoms with Crippen molar-refractivity contribution >= 4 is 28.4 Å². The maximum Gasteiger partial charge on any atom is 0.410 e. The molecule has 2 heterocycles. The van der Waals surface area contributed by atoms with Crippen molar-refractivity contribution < 1.29 is 9.53 Å². The summed E-state index contributed by atoms with van der Waals surface area (Å²) in [4.78, 5) is 20.6. The van der Waals surface area contributed by atoms with E-state index in [4.69, 9.17) is 4.74 Å². The van der Waals surface area contributed by atoms with Crippen LogP contribution < -0.4 is 15.5 Å². The number of amides is 1. The molecule has 0 aliphatic carbocycles. The lowest BCUT2D eigenvalue weighted by atomic mass is 10.1. The van der Waals surface area contributed by atoms with Crippen LogP contribution in [-0.4, -0.2) is 68.9 Å². The first-order valence-corrected chi connectivity index (χ1v) is 11.3. The Bertz CT molecular complexity index is 649. The van der Waals surface area contributed by atoms with Gasteiger partial charge in [0.25, 0.3) is 0 Å². The van der Waals surface area contributed by atoms with E-state index in [-0.39, 0.29) is 12.0 Å². The molecule has 0 saturated carbocycles. The summed E-state index contributed by atoms with van der Waals surface area (Å²) in [7, 11) is 3.58. The van der Waals surface area contributed by atoms with Crippen LogP contribution in [0.1, 0.15) is 40.5 Å². The highest BCUT2D eigenvalue weighted by molar-refractivity contribution is 7.14. The summed E-state index contributed by atoms with van der Waals surface area (Å²) in [5.74, 6) is 1.10. The van der Waals surface area contributed by atoms with Crippen LogP contribution in [0, 0.1) is 5.92 Å². The van der Waals surface area contributed by atoms with E-state index in [9.17, 15) is 4.79 Å². The number of carbonyl (C=O) groups excluding carboxylic acids is 1. The molecule has 1 aromatic rings. The Kier molecular flexibility index (Phi) is 8.61. The zero-order chi connectivity index (χ0) is 21.4. The van der Waals surface area contributed by atoms with Gasteiger partial charge in [-0.05, 0) is 57.0 Å². The van der Waals surface area contributed by atoms with Gasteiger partial charge in [-0.3, -0.25) is 4.99 Å². The number of thiophene rings is 1. The number of aliphatic imine (C=N–C) groups is 1. The molecule has 29 heavy (non-hydrogen) atoms. The molecule has 7 nitrogen and oxygen atoms in total. The van der Waals surface area contributed by atoms with E-state index in [1.54, 1.807) is 30.3 Å². The molecule has 0 radical (unpaired) electrons. The zero-order valence-corrected chi connectivity index (χ0v) is 19.5. The van der Waals surface area contributed by atoms with Gasteiger partial charge in [-0.1, -0.05) is 6.92 Å². The Balaban J connectivity index is 1.70. The van der Waals surface area contributed by atoms with Gasteiger partial charge in [0.2, 0.25) is 0 Å². The Morgan fingerprint density at radius 1 is 1.41 bits per heavy atom. The topological polar surface area (TPSA) is 69.2 Å². The molecule has 0 aromatic carbocycles. The summed E-state index contributed by atoms with van der Waals surface area (Å²) >= 11 is 1.80. The van der Waals surface area contributed by atoms with Crippen molar-refractivity contribution in [2.24, 2.45) is 10.9 Å². The molecular formula is C21H37N5O2S. The van der Waals surface area contributed by atoms with Crippen molar-refractivity contribution in [3.8, 4) is 0 Å². The molecule has 1 unspecified atom stereocenters. The van der Waals surface area contributed by atoms with E-state index in [0.29, 0.717) is 12.6 Å². The number of piperidine rings is 1. The van der Waals surface area contributed by atoms with Crippen LogP contribution in [-0.2, 0) is 4.74 Å². The Morgan fingerprint density at radius 3 is 2.66 bits per heavy atom. The molecule has 0 bridgehead atoms. The van der Waals surface area contributed by atoms with Crippen LogP contribution >= 0.6 is 11.3 Å². The van der Waals surface area contributed by atoms with E-state index in [1.165, 1.54) is 5.00 Å². The Morgan fingerprint density at radius 2 is 2.10 bits per heavy atom. The van der Waals surface area contributed by atoms with Crippen LogP contribution in [0.2, 0.25) is 0 Å². The summed E-state index contributed by atoms with van der Waals surface area (Å²) in [6, 6.07) is 4.73. The molecule has 1 saturated heterocycles. The summed E-state index contributed by atoms with van der Waals surface area (Å²) in [5, 5.41) is 10.4. The van der Waals surface area contributed by atoms with E-state index in [2.05, 4.69) is 45.0 Å². The highest BCUT2D eigenvalue weighted by Crippen LogP contribution is 2.24. The number of guanidine groups is 1. The van der Waals surface area contributed by atoms with Crippen LogP contribution in [0.5, 0.6) is 0 Å². The third kappa shape index (κ3) is 8.12. The average Bonchev–Trinajstić information content (AvgIpc) is 3.19. The van der Waals surface area contributed by atoms with Gasteiger partial charge in [0, 0.05) is 46.3 Å². The molecule has 1 aliphatic rings. The summed E-state index contributed by atoms with van der Waals surface area (Å²) in [6.45, 7) is 11.2. The van der Waals surface area contributed by atoms with Crippen molar-refractivity contribution in [2.75, 3.05) is 45.2 Å². The highest BCUT2D eigenvalue weighted by atomic mass is 32.1. The fourth-order valence-electron chi connectivity index (χ4n) is 3.30. The number of hydrogen-bond donors (Lipinski definition) is 2. The quantitative estimate of drug-likeness (QED) is 0.542. The van der Waals surface area contributed by atoms with Crippen molar-refractivity contribution in [1.82, 2.24) is 15.5 Å². The Hall–Kier alpha value is -1.96. The Labute approximate surface area is 179 Å². The van der Waals surface area contributed by atoms with Gasteiger partial charge in [0.05, 0.1) is 5.00 Å². The maximum atomic E-state index is 12.1. The summed E-state index contributed by atoms with van der Waals surface area (Å²) in [6.07, 6.45) is 1.90. The third-order valence-electron chi connectivity index (χ3n) is 4.79. The number of carbonyl (C=O) groups is 1. The molecule has 0 spiro atoms. The minimum Gasteiger partial charge on any atom is -0.444 e. The van der Waals surface area contributed by atoms with Crippen molar-refractivity contribution in [2.45, 2.75) is 52.2 Å². The third-order valence-corrected chi connectivity index (χ3v) is 5.71. The lowest BCUT2D eigenvalue weighted by Crippen LogP contribution is -2.49. The lowest BCUT2D eigenvalue weighted by Gasteiger charge is -2.33. The largest absolute Gasteiger partial charge is 0.444 e. The SMILES string of the molecule is CN=C(NCC(C)CN(C)C(=O)OC(C)(C)C)NC1CCN(c2cccs2)CC1. The second-order valence-corrected chi connectivity index (χ2v) is 9.70. The standard InChI is InChI=1S/C21H37N5O2S/c1-16(15-25(6)20(27)28-21(2,3)4)14-23-19(22-5)24-17-9-11-26(12-10-17)18-8-7-13-29-18/h7-8,13,16-17H,9-12,14-15H2,1-6H3,(H2,22,23,24). The lowest BCUT2D eigenvalue weighted by molar-refractivity contribution is 0.0278. The van der Waals surface area contributed by atoms with Gasteiger partial charge in [-0.15, -0.1) is 11.3 Å². The molecular weight excluding hydrogens is 386 g/mol. The number of ether oxygens (including phenoxy) is 1. The second kappa shape index (κ2) is 10.7. The van der Waals surface area contributed by atoms with Gasteiger partial charge in [-0.2, -0.15) is 0 Å². The van der Waals surface area contributed by atoms with Gasteiger partial charge < -0.3 is 25.2 Å². The van der Waals surface area contributed by atoms with Gasteiger partial charge in [-0.25, -0.2) is 4.79 Å². The predicted molar refractivity (Wildman–Crippen MR) is 122 cm³/mol. The van der Waals surface area contributed by atoms with E-state index in [1.807, 2.05) is 20.8 Å². The fourth-order valence-corrected chi connectivity index (χ4v) is 4.08. The maximum absolute atomic E-state index is 12.1. The molecule has 1 amide bonds. The van der Waals surface area contributed by atoms with Crippen LogP contribution in [0.15, 0.2) is 22.5 Å². The molecule has 1 aromatic heterocycles. The zero-order valence-electron chi connectivity index (χ0n) is 18.7.